The fraction of sp³-hybridized carbons (Fsp3) is 0.471. The zero-order chi connectivity index (χ0) is 16.7. The number of carbonyl (C=O) groups is 1. The zero-order valence-corrected chi connectivity index (χ0v) is 13.8. The van der Waals surface area contributed by atoms with Gasteiger partial charge in [-0.1, -0.05) is 13.8 Å². The first-order chi connectivity index (χ1) is 11.0. The number of ether oxygens (including phenoxy) is 1. The molecule has 0 saturated carbocycles. The van der Waals surface area contributed by atoms with Gasteiger partial charge >= 0.3 is 0 Å². The highest BCUT2D eigenvalue weighted by atomic mass is 16.5. The van der Waals surface area contributed by atoms with Crippen LogP contribution in [0, 0.1) is 5.92 Å². The number of benzene rings is 1. The van der Waals surface area contributed by atoms with Gasteiger partial charge in [0.25, 0.3) is 5.91 Å². The topological polar surface area (TPSA) is 77.2 Å². The van der Waals surface area contributed by atoms with E-state index in [9.17, 15) is 4.79 Å². The summed E-state index contributed by atoms with van der Waals surface area (Å²) >= 11 is 0. The van der Waals surface area contributed by atoms with Crippen molar-refractivity contribution in [3.8, 4) is 17.2 Å². The maximum atomic E-state index is 11.9. The van der Waals surface area contributed by atoms with Crippen LogP contribution in [0.1, 0.15) is 33.6 Å². The van der Waals surface area contributed by atoms with E-state index in [-0.39, 0.29) is 18.6 Å². The van der Waals surface area contributed by atoms with Gasteiger partial charge in [0, 0.05) is 11.6 Å². The highest BCUT2D eigenvalue weighted by molar-refractivity contribution is 5.77. The Labute approximate surface area is 136 Å². The van der Waals surface area contributed by atoms with Crippen molar-refractivity contribution in [3.05, 3.63) is 30.7 Å². The normalized spacial score (nSPS) is 12.2. The molecule has 0 radical (unpaired) electrons. The van der Waals surface area contributed by atoms with E-state index in [2.05, 4.69) is 29.4 Å². The standard InChI is InChI=1S/C17H23N3O3/c1-12(2)4-5-13(3)19-16(21)10-22-15-8-6-14(7-9-15)17-20-18-11-23-17/h6-9,11-13H,4-5,10H2,1-3H3,(H,19,21)/t13-/m0/s1. The molecule has 0 fully saturated rings. The van der Waals surface area contributed by atoms with Crippen molar-refractivity contribution in [2.45, 2.75) is 39.7 Å². The van der Waals surface area contributed by atoms with Gasteiger partial charge in [-0.3, -0.25) is 4.79 Å². The Kier molecular flexibility index (Phi) is 6.14. The first-order valence-electron chi connectivity index (χ1n) is 7.83. The number of carbonyl (C=O) groups excluding carboxylic acids is 1. The first kappa shape index (κ1) is 17.0. The van der Waals surface area contributed by atoms with Gasteiger partial charge in [0.05, 0.1) is 0 Å². The molecule has 6 heteroatoms. The Bertz CT molecular complexity index is 594. The lowest BCUT2D eigenvalue weighted by Crippen LogP contribution is -2.36. The predicted octanol–water partition coefficient (Wildman–Crippen LogP) is 3.06. The van der Waals surface area contributed by atoms with Crippen molar-refractivity contribution in [2.24, 2.45) is 5.92 Å². The molecule has 1 aromatic carbocycles. The molecule has 1 aromatic heterocycles. The minimum Gasteiger partial charge on any atom is -0.484 e. The second-order valence-corrected chi connectivity index (χ2v) is 6.00. The van der Waals surface area contributed by atoms with Crippen LogP contribution in [0.3, 0.4) is 0 Å². The van der Waals surface area contributed by atoms with Gasteiger partial charge in [0.1, 0.15) is 5.75 Å². The van der Waals surface area contributed by atoms with Crippen molar-refractivity contribution in [3.63, 3.8) is 0 Å². The molecular formula is C17H23N3O3. The highest BCUT2D eigenvalue weighted by Gasteiger charge is 2.09. The van der Waals surface area contributed by atoms with E-state index in [1.165, 1.54) is 6.39 Å². The summed E-state index contributed by atoms with van der Waals surface area (Å²) in [6.45, 7) is 6.37. The summed E-state index contributed by atoms with van der Waals surface area (Å²) in [6, 6.07) is 7.33. The van der Waals surface area contributed by atoms with Gasteiger partial charge in [0.15, 0.2) is 6.61 Å². The molecule has 2 rings (SSSR count). The third kappa shape index (κ3) is 5.73. The minimum atomic E-state index is -0.109. The molecule has 0 aliphatic heterocycles. The molecule has 6 nitrogen and oxygen atoms in total. The Morgan fingerprint density at radius 2 is 1.96 bits per heavy atom. The average molecular weight is 317 g/mol. The highest BCUT2D eigenvalue weighted by Crippen LogP contribution is 2.20. The number of nitrogens with one attached hydrogen (secondary N) is 1. The van der Waals surface area contributed by atoms with E-state index in [0.29, 0.717) is 17.6 Å². The van der Waals surface area contributed by atoms with Crippen molar-refractivity contribution in [2.75, 3.05) is 6.61 Å². The summed E-state index contributed by atoms with van der Waals surface area (Å²) in [4.78, 5) is 11.9. The molecule has 0 spiro atoms. The molecule has 0 aliphatic rings. The first-order valence-corrected chi connectivity index (χ1v) is 7.83. The minimum absolute atomic E-state index is 0.00588. The van der Waals surface area contributed by atoms with Crippen molar-refractivity contribution in [1.29, 1.82) is 0 Å². The average Bonchev–Trinajstić information content (AvgIpc) is 3.06. The monoisotopic (exact) mass is 317 g/mol. The summed E-state index contributed by atoms with van der Waals surface area (Å²) in [7, 11) is 0. The Morgan fingerprint density at radius 3 is 2.57 bits per heavy atom. The number of rotatable bonds is 8. The van der Waals surface area contributed by atoms with Gasteiger partial charge in [0.2, 0.25) is 12.3 Å². The van der Waals surface area contributed by atoms with E-state index in [1.807, 2.05) is 19.1 Å². The van der Waals surface area contributed by atoms with Gasteiger partial charge in [-0.2, -0.15) is 0 Å². The Hall–Kier alpha value is -2.37. The molecule has 1 amide bonds. The zero-order valence-electron chi connectivity index (χ0n) is 13.8. The van der Waals surface area contributed by atoms with Gasteiger partial charge in [-0.25, -0.2) is 0 Å². The molecule has 0 unspecified atom stereocenters. The molecule has 0 aliphatic carbocycles. The van der Waals surface area contributed by atoms with Crippen LogP contribution >= 0.6 is 0 Å². The predicted molar refractivity (Wildman–Crippen MR) is 86.9 cm³/mol. The van der Waals surface area contributed by atoms with Crippen LogP contribution in [0.15, 0.2) is 35.1 Å². The van der Waals surface area contributed by atoms with E-state index in [1.54, 1.807) is 12.1 Å². The largest absolute Gasteiger partial charge is 0.484 e. The van der Waals surface area contributed by atoms with Gasteiger partial charge < -0.3 is 14.5 Å². The van der Waals surface area contributed by atoms with Crippen LogP contribution in [0.2, 0.25) is 0 Å². The molecule has 124 valence electrons. The van der Waals surface area contributed by atoms with Crippen LogP contribution in [0.4, 0.5) is 0 Å². The molecule has 0 saturated heterocycles. The SMILES string of the molecule is CC(C)CC[C@H](C)NC(=O)COc1ccc(-c2nnco2)cc1. The molecule has 0 bridgehead atoms. The van der Waals surface area contributed by atoms with E-state index in [4.69, 9.17) is 9.15 Å². The number of hydrogen-bond acceptors (Lipinski definition) is 5. The van der Waals surface area contributed by atoms with Crippen LogP contribution in [-0.4, -0.2) is 28.8 Å². The van der Waals surface area contributed by atoms with Gasteiger partial charge in [-0.15, -0.1) is 10.2 Å². The molecule has 1 atom stereocenters. The van der Waals surface area contributed by atoms with E-state index >= 15 is 0 Å². The molecule has 2 aromatic rings. The summed E-state index contributed by atoms with van der Waals surface area (Å²) in [5, 5.41) is 10.4. The van der Waals surface area contributed by atoms with Crippen molar-refractivity contribution in [1.82, 2.24) is 15.5 Å². The third-order valence-electron chi connectivity index (χ3n) is 3.42. The van der Waals surface area contributed by atoms with Crippen LogP contribution in [-0.2, 0) is 4.79 Å². The van der Waals surface area contributed by atoms with Crippen LogP contribution in [0.5, 0.6) is 5.75 Å². The second kappa shape index (κ2) is 8.31. The number of hydrogen-bond donors (Lipinski definition) is 1. The van der Waals surface area contributed by atoms with E-state index in [0.717, 1.165) is 18.4 Å². The maximum Gasteiger partial charge on any atom is 0.258 e. The lowest BCUT2D eigenvalue weighted by Gasteiger charge is -2.15. The van der Waals surface area contributed by atoms with Crippen molar-refractivity contribution < 1.29 is 13.9 Å². The smallest absolute Gasteiger partial charge is 0.258 e. The second-order valence-electron chi connectivity index (χ2n) is 6.00. The molecule has 23 heavy (non-hydrogen) atoms. The lowest BCUT2D eigenvalue weighted by molar-refractivity contribution is -0.123. The van der Waals surface area contributed by atoms with Crippen LogP contribution in [0.25, 0.3) is 11.5 Å². The lowest BCUT2D eigenvalue weighted by atomic mass is 10.0. The van der Waals surface area contributed by atoms with Crippen molar-refractivity contribution >= 4 is 5.91 Å². The summed E-state index contributed by atoms with van der Waals surface area (Å²) < 4.78 is 10.6. The fourth-order valence-electron chi connectivity index (χ4n) is 2.11. The number of nitrogens with zero attached hydrogens (tertiary/aromatic N) is 2. The molecule has 1 N–H and O–H groups in total. The summed E-state index contributed by atoms with van der Waals surface area (Å²) in [6.07, 6.45) is 3.35. The fourth-order valence-corrected chi connectivity index (χ4v) is 2.11. The van der Waals surface area contributed by atoms with E-state index < -0.39 is 0 Å². The Balaban J connectivity index is 1.76. The summed E-state index contributed by atoms with van der Waals surface area (Å²) in [5.41, 5.74) is 0.807. The maximum absolute atomic E-state index is 11.9. The van der Waals surface area contributed by atoms with Crippen LogP contribution < -0.4 is 10.1 Å². The third-order valence-corrected chi connectivity index (χ3v) is 3.42. The number of aromatic nitrogens is 2. The van der Waals surface area contributed by atoms with Gasteiger partial charge in [-0.05, 0) is 49.9 Å². The Morgan fingerprint density at radius 1 is 1.22 bits per heavy atom. The summed E-state index contributed by atoms with van der Waals surface area (Å²) in [5.74, 6) is 1.61. The number of amides is 1. The molecule has 1 heterocycles. The molecular weight excluding hydrogens is 294 g/mol. The quantitative estimate of drug-likeness (QED) is 0.809.